The lowest BCUT2D eigenvalue weighted by Gasteiger charge is -2.39. The minimum atomic E-state index is -1.25. The number of aliphatic hydroxyl groups is 1. The first-order chi connectivity index (χ1) is 9.65. The summed E-state index contributed by atoms with van der Waals surface area (Å²) in [5.41, 5.74) is 0.628. The third-order valence-electron chi connectivity index (χ3n) is 3.59. The van der Waals surface area contributed by atoms with Crippen molar-refractivity contribution in [1.82, 2.24) is 0 Å². The van der Waals surface area contributed by atoms with E-state index in [2.05, 4.69) is 0 Å². The maximum Gasteiger partial charge on any atom is 0.192 e. The van der Waals surface area contributed by atoms with Gasteiger partial charge in [-0.25, -0.2) is 0 Å². The number of hydrogen-bond donors (Lipinski definition) is 1. The molecule has 1 saturated heterocycles. The Kier molecular flexibility index (Phi) is 5.29. The van der Waals surface area contributed by atoms with E-state index in [9.17, 15) is 9.90 Å². The van der Waals surface area contributed by atoms with Crippen LogP contribution in [0, 0.1) is 0 Å². The molecule has 2 unspecified atom stereocenters. The molecule has 0 spiro atoms. The fourth-order valence-electron chi connectivity index (χ4n) is 2.52. The van der Waals surface area contributed by atoms with E-state index in [0.29, 0.717) is 18.6 Å². The lowest BCUT2D eigenvalue weighted by Crippen LogP contribution is -2.50. The fraction of sp³-hybridized carbons (Fsp3) is 0.562. The lowest BCUT2D eigenvalue weighted by atomic mass is 9.97. The SMILES string of the molecule is CCCC1(O)OCCCC1OCC(=O)c1ccccc1. The molecule has 20 heavy (non-hydrogen) atoms. The molecular weight excluding hydrogens is 256 g/mol. The van der Waals surface area contributed by atoms with Crippen LogP contribution in [0.15, 0.2) is 30.3 Å². The molecule has 1 N–H and O–H groups in total. The predicted octanol–water partition coefficient (Wildman–Crippen LogP) is 2.55. The minimum Gasteiger partial charge on any atom is -0.364 e. The van der Waals surface area contributed by atoms with Crippen LogP contribution in [-0.2, 0) is 9.47 Å². The number of ether oxygens (including phenoxy) is 2. The summed E-state index contributed by atoms with van der Waals surface area (Å²) in [7, 11) is 0. The molecular formula is C16H22O4. The van der Waals surface area contributed by atoms with Crippen molar-refractivity contribution in [1.29, 1.82) is 0 Å². The van der Waals surface area contributed by atoms with Crippen LogP contribution in [0.4, 0.5) is 0 Å². The van der Waals surface area contributed by atoms with E-state index in [1.807, 2.05) is 25.1 Å². The second-order valence-electron chi connectivity index (χ2n) is 5.17. The summed E-state index contributed by atoms with van der Waals surface area (Å²) in [6.45, 7) is 2.51. The number of hydrogen-bond acceptors (Lipinski definition) is 4. The van der Waals surface area contributed by atoms with E-state index >= 15 is 0 Å². The highest BCUT2D eigenvalue weighted by atomic mass is 16.7. The first-order valence-electron chi connectivity index (χ1n) is 7.22. The molecule has 1 fully saturated rings. The average molecular weight is 278 g/mol. The van der Waals surface area contributed by atoms with Crippen LogP contribution >= 0.6 is 0 Å². The Bertz CT molecular complexity index is 427. The van der Waals surface area contributed by atoms with Gasteiger partial charge in [-0.05, 0) is 12.8 Å². The van der Waals surface area contributed by atoms with Crippen LogP contribution in [-0.4, -0.2) is 36.0 Å². The Labute approximate surface area is 119 Å². The zero-order valence-electron chi connectivity index (χ0n) is 11.9. The standard InChI is InChI=1S/C16H22O4/c1-2-10-16(18)15(9-6-11-20-16)19-12-14(17)13-7-4-3-5-8-13/h3-5,7-8,15,18H,2,6,9-12H2,1H3. The van der Waals surface area contributed by atoms with Gasteiger partial charge in [0.25, 0.3) is 0 Å². The van der Waals surface area contributed by atoms with E-state index in [1.165, 1.54) is 0 Å². The van der Waals surface area contributed by atoms with E-state index in [-0.39, 0.29) is 12.4 Å². The Balaban J connectivity index is 1.93. The smallest absolute Gasteiger partial charge is 0.192 e. The Morgan fingerprint density at radius 1 is 1.45 bits per heavy atom. The molecule has 0 amide bonds. The summed E-state index contributed by atoms with van der Waals surface area (Å²) in [4.78, 5) is 12.0. The van der Waals surface area contributed by atoms with Crippen molar-refractivity contribution in [2.24, 2.45) is 0 Å². The topological polar surface area (TPSA) is 55.8 Å². The molecule has 1 aliphatic heterocycles. The molecule has 1 aromatic rings. The summed E-state index contributed by atoms with van der Waals surface area (Å²) in [5.74, 6) is -1.32. The minimum absolute atomic E-state index is 0.0237. The van der Waals surface area contributed by atoms with Crippen molar-refractivity contribution in [2.45, 2.75) is 44.5 Å². The van der Waals surface area contributed by atoms with E-state index < -0.39 is 11.9 Å². The number of Topliss-reactive ketones (excluding diaryl/α,β-unsaturated/α-hetero) is 1. The number of ketones is 1. The van der Waals surface area contributed by atoms with E-state index in [4.69, 9.17) is 9.47 Å². The lowest BCUT2D eigenvalue weighted by molar-refractivity contribution is -0.287. The Morgan fingerprint density at radius 2 is 2.20 bits per heavy atom. The molecule has 110 valence electrons. The maximum absolute atomic E-state index is 12.0. The zero-order valence-corrected chi connectivity index (χ0v) is 11.9. The van der Waals surface area contributed by atoms with Gasteiger partial charge in [0.05, 0.1) is 6.61 Å². The van der Waals surface area contributed by atoms with Gasteiger partial charge in [0.2, 0.25) is 0 Å². The van der Waals surface area contributed by atoms with Crippen LogP contribution in [0.1, 0.15) is 43.0 Å². The number of carbonyl (C=O) groups excluding carboxylic acids is 1. The van der Waals surface area contributed by atoms with Gasteiger partial charge in [0, 0.05) is 12.0 Å². The molecule has 1 heterocycles. The highest BCUT2D eigenvalue weighted by Crippen LogP contribution is 2.29. The summed E-state index contributed by atoms with van der Waals surface area (Å²) < 4.78 is 11.1. The second-order valence-corrected chi connectivity index (χ2v) is 5.17. The third-order valence-corrected chi connectivity index (χ3v) is 3.59. The van der Waals surface area contributed by atoms with Crippen molar-refractivity contribution >= 4 is 5.78 Å². The van der Waals surface area contributed by atoms with Crippen molar-refractivity contribution in [3.63, 3.8) is 0 Å². The van der Waals surface area contributed by atoms with Gasteiger partial charge in [0.15, 0.2) is 11.6 Å². The summed E-state index contributed by atoms with van der Waals surface area (Å²) in [6.07, 6.45) is 2.47. The monoisotopic (exact) mass is 278 g/mol. The van der Waals surface area contributed by atoms with Gasteiger partial charge in [-0.3, -0.25) is 4.79 Å². The molecule has 1 aliphatic rings. The quantitative estimate of drug-likeness (QED) is 0.812. The van der Waals surface area contributed by atoms with Gasteiger partial charge >= 0.3 is 0 Å². The van der Waals surface area contributed by atoms with Crippen LogP contribution < -0.4 is 0 Å². The second kappa shape index (κ2) is 6.97. The molecule has 2 rings (SSSR count). The number of carbonyl (C=O) groups is 1. The third kappa shape index (κ3) is 3.66. The zero-order chi connectivity index (χ0) is 14.4. The van der Waals surface area contributed by atoms with Gasteiger partial charge in [-0.1, -0.05) is 43.7 Å². The van der Waals surface area contributed by atoms with Gasteiger partial charge < -0.3 is 14.6 Å². The first-order valence-corrected chi connectivity index (χ1v) is 7.22. The highest BCUT2D eigenvalue weighted by Gasteiger charge is 2.40. The van der Waals surface area contributed by atoms with Crippen molar-refractivity contribution < 1.29 is 19.4 Å². The van der Waals surface area contributed by atoms with Gasteiger partial charge in [-0.15, -0.1) is 0 Å². The van der Waals surface area contributed by atoms with Crippen molar-refractivity contribution in [2.75, 3.05) is 13.2 Å². The van der Waals surface area contributed by atoms with E-state index in [0.717, 1.165) is 19.3 Å². The van der Waals surface area contributed by atoms with Crippen molar-refractivity contribution in [3.05, 3.63) is 35.9 Å². The first kappa shape index (κ1) is 15.2. The largest absolute Gasteiger partial charge is 0.364 e. The highest BCUT2D eigenvalue weighted by molar-refractivity contribution is 5.97. The number of rotatable bonds is 6. The fourth-order valence-corrected chi connectivity index (χ4v) is 2.52. The summed E-state index contributed by atoms with van der Waals surface area (Å²) >= 11 is 0. The Hall–Kier alpha value is -1.23. The number of benzene rings is 1. The molecule has 0 radical (unpaired) electrons. The molecule has 2 atom stereocenters. The molecule has 1 aromatic carbocycles. The molecule has 0 bridgehead atoms. The predicted molar refractivity (Wildman–Crippen MR) is 75.6 cm³/mol. The van der Waals surface area contributed by atoms with Crippen LogP contribution in [0.3, 0.4) is 0 Å². The molecule has 4 heteroatoms. The van der Waals surface area contributed by atoms with Crippen LogP contribution in [0.5, 0.6) is 0 Å². The molecule has 4 nitrogen and oxygen atoms in total. The van der Waals surface area contributed by atoms with Crippen molar-refractivity contribution in [3.8, 4) is 0 Å². The van der Waals surface area contributed by atoms with Gasteiger partial charge in [0.1, 0.15) is 12.7 Å². The molecule has 0 saturated carbocycles. The summed E-state index contributed by atoms with van der Waals surface area (Å²) in [5, 5.41) is 10.5. The van der Waals surface area contributed by atoms with E-state index in [1.54, 1.807) is 12.1 Å². The average Bonchev–Trinajstić information content (AvgIpc) is 2.47. The maximum atomic E-state index is 12.0. The molecule has 0 aromatic heterocycles. The van der Waals surface area contributed by atoms with Crippen LogP contribution in [0.2, 0.25) is 0 Å². The Morgan fingerprint density at radius 3 is 2.90 bits per heavy atom. The summed E-state index contributed by atoms with van der Waals surface area (Å²) in [6, 6.07) is 9.05. The normalized spacial score (nSPS) is 26.4. The van der Waals surface area contributed by atoms with Crippen LogP contribution in [0.25, 0.3) is 0 Å². The van der Waals surface area contributed by atoms with Gasteiger partial charge in [-0.2, -0.15) is 0 Å². The molecule has 0 aliphatic carbocycles.